The fraction of sp³-hybridized carbons (Fsp3) is 0.455. The van der Waals surface area contributed by atoms with Crippen LogP contribution in [-0.4, -0.2) is 38.9 Å². The van der Waals surface area contributed by atoms with Crippen molar-refractivity contribution >= 4 is 11.9 Å². The molecule has 1 amide bonds. The van der Waals surface area contributed by atoms with Crippen LogP contribution in [0.15, 0.2) is 18.7 Å². The second-order valence-corrected chi connectivity index (χ2v) is 4.21. The van der Waals surface area contributed by atoms with Gasteiger partial charge in [-0.3, -0.25) is 5.10 Å². The maximum absolute atomic E-state index is 11.1. The largest absolute Gasteiger partial charge is 0.465 e. The minimum atomic E-state index is -0.883. The Balaban J connectivity index is 2.22. The zero-order chi connectivity index (χ0) is 12.4. The Labute approximate surface area is 99.1 Å². The first-order chi connectivity index (χ1) is 8.13. The molecule has 2 atom stereocenters. The molecule has 2 rings (SSSR count). The predicted octanol–water partition coefficient (Wildman–Crippen LogP) is 1.40. The van der Waals surface area contributed by atoms with Crippen LogP contribution in [0, 0.1) is 0 Å². The van der Waals surface area contributed by atoms with Crippen molar-refractivity contribution in [1.29, 1.82) is 0 Å². The molecular formula is C11H16N4O2. The summed E-state index contributed by atoms with van der Waals surface area (Å²) < 4.78 is 0. The lowest BCUT2D eigenvalue weighted by atomic mass is 9.94. The first kappa shape index (κ1) is 11.5. The van der Waals surface area contributed by atoms with E-state index in [4.69, 9.17) is 10.8 Å². The van der Waals surface area contributed by atoms with Crippen LogP contribution in [0.25, 0.3) is 0 Å². The van der Waals surface area contributed by atoms with Crippen LogP contribution in [0.3, 0.4) is 0 Å². The van der Waals surface area contributed by atoms with Crippen molar-refractivity contribution in [1.82, 2.24) is 15.1 Å². The number of H-pyrrole nitrogens is 1. The highest BCUT2D eigenvalue weighted by Crippen LogP contribution is 2.35. The van der Waals surface area contributed by atoms with Crippen molar-refractivity contribution in [2.75, 3.05) is 12.3 Å². The van der Waals surface area contributed by atoms with Gasteiger partial charge in [0.05, 0.1) is 0 Å². The molecule has 0 spiro atoms. The van der Waals surface area contributed by atoms with Crippen molar-refractivity contribution < 1.29 is 9.90 Å². The molecule has 0 aliphatic carbocycles. The zero-order valence-corrected chi connectivity index (χ0v) is 9.47. The second kappa shape index (κ2) is 4.48. The summed E-state index contributed by atoms with van der Waals surface area (Å²) in [6.45, 7) is 4.22. The number of aromatic nitrogens is 2. The fourth-order valence-corrected chi connectivity index (χ4v) is 2.46. The summed E-state index contributed by atoms with van der Waals surface area (Å²) in [5.41, 5.74) is 6.47. The van der Waals surface area contributed by atoms with Gasteiger partial charge in [-0.2, -0.15) is 5.10 Å². The number of carbonyl (C=O) groups is 1. The van der Waals surface area contributed by atoms with Crippen LogP contribution in [0.5, 0.6) is 0 Å². The van der Waals surface area contributed by atoms with E-state index in [1.54, 1.807) is 12.1 Å². The number of hydrogen-bond acceptors (Lipinski definition) is 3. The number of aromatic amines is 1. The molecule has 0 aromatic carbocycles. The number of rotatable bonds is 3. The Morgan fingerprint density at radius 2 is 2.59 bits per heavy atom. The molecule has 0 saturated carbocycles. The molecule has 1 aliphatic rings. The Hall–Kier alpha value is -1.98. The number of carboxylic acid groups (broad SMARTS) is 1. The van der Waals surface area contributed by atoms with Crippen molar-refractivity contribution in [3.63, 3.8) is 0 Å². The first-order valence-electron chi connectivity index (χ1n) is 5.54. The number of nitrogens with one attached hydrogen (secondary N) is 1. The van der Waals surface area contributed by atoms with Crippen LogP contribution in [-0.2, 0) is 0 Å². The van der Waals surface area contributed by atoms with E-state index in [2.05, 4.69) is 16.8 Å². The first-order valence-corrected chi connectivity index (χ1v) is 5.54. The molecule has 1 aromatic rings. The van der Waals surface area contributed by atoms with Gasteiger partial charge in [0.1, 0.15) is 5.82 Å². The van der Waals surface area contributed by atoms with Gasteiger partial charge < -0.3 is 15.7 Å². The number of nitrogens with two attached hydrogens (primary N) is 1. The number of amides is 1. The van der Waals surface area contributed by atoms with Crippen LogP contribution in [0.1, 0.15) is 24.5 Å². The summed E-state index contributed by atoms with van der Waals surface area (Å²) >= 11 is 0. The third-order valence-electron chi connectivity index (χ3n) is 3.22. The average Bonchev–Trinajstić information content (AvgIpc) is 2.85. The van der Waals surface area contributed by atoms with Crippen molar-refractivity contribution in [2.45, 2.75) is 24.8 Å². The van der Waals surface area contributed by atoms with Gasteiger partial charge in [-0.1, -0.05) is 6.08 Å². The van der Waals surface area contributed by atoms with Gasteiger partial charge in [-0.05, 0) is 12.8 Å². The highest BCUT2D eigenvalue weighted by molar-refractivity contribution is 5.66. The molecule has 2 unspecified atom stereocenters. The zero-order valence-electron chi connectivity index (χ0n) is 9.47. The highest BCUT2D eigenvalue weighted by Gasteiger charge is 2.37. The molecule has 0 radical (unpaired) electrons. The van der Waals surface area contributed by atoms with E-state index < -0.39 is 6.09 Å². The molecule has 17 heavy (non-hydrogen) atoms. The van der Waals surface area contributed by atoms with Gasteiger partial charge >= 0.3 is 6.09 Å². The Morgan fingerprint density at radius 3 is 3.12 bits per heavy atom. The Bertz CT molecular complexity index is 429. The highest BCUT2D eigenvalue weighted by atomic mass is 16.4. The summed E-state index contributed by atoms with van der Waals surface area (Å²) in [5, 5.41) is 15.9. The molecule has 6 nitrogen and oxygen atoms in total. The second-order valence-electron chi connectivity index (χ2n) is 4.21. The van der Waals surface area contributed by atoms with Crippen LogP contribution >= 0.6 is 0 Å². The lowest BCUT2D eigenvalue weighted by Crippen LogP contribution is -2.36. The van der Waals surface area contributed by atoms with Crippen molar-refractivity contribution in [2.24, 2.45) is 0 Å². The van der Waals surface area contributed by atoms with Gasteiger partial charge in [0.15, 0.2) is 0 Å². The third kappa shape index (κ3) is 2.11. The maximum Gasteiger partial charge on any atom is 0.407 e. The molecule has 1 aromatic heterocycles. The summed E-state index contributed by atoms with van der Waals surface area (Å²) in [7, 11) is 0. The standard InChI is InChI=1S/C11H16N4O2/c1-2-3-9-7(4-5-15(9)11(16)17)8-6-10(12)14-13-8/h2,6-7,9H,1,3-5H2,(H,16,17)(H3,12,13,14). The van der Waals surface area contributed by atoms with Crippen LogP contribution < -0.4 is 5.73 Å². The normalized spacial score (nSPS) is 23.9. The summed E-state index contributed by atoms with van der Waals surface area (Å²) in [6, 6.07) is 1.69. The minimum Gasteiger partial charge on any atom is -0.465 e. The van der Waals surface area contributed by atoms with Gasteiger partial charge in [-0.15, -0.1) is 6.58 Å². The molecule has 6 heteroatoms. The fourth-order valence-electron chi connectivity index (χ4n) is 2.46. The van der Waals surface area contributed by atoms with Crippen molar-refractivity contribution in [3.8, 4) is 0 Å². The van der Waals surface area contributed by atoms with Crippen LogP contribution in [0.2, 0.25) is 0 Å². The lowest BCUT2D eigenvalue weighted by Gasteiger charge is -2.24. The molecule has 1 saturated heterocycles. The third-order valence-corrected chi connectivity index (χ3v) is 3.22. The summed E-state index contributed by atoms with van der Waals surface area (Å²) in [6.07, 6.45) is 2.29. The minimum absolute atomic E-state index is 0.0788. The van der Waals surface area contributed by atoms with E-state index in [0.29, 0.717) is 18.8 Å². The van der Waals surface area contributed by atoms with Gasteiger partial charge in [0.2, 0.25) is 0 Å². The van der Waals surface area contributed by atoms with Crippen LogP contribution in [0.4, 0.5) is 10.6 Å². The Kier molecular flexibility index (Phi) is 3.03. The van der Waals surface area contributed by atoms with E-state index in [0.717, 1.165) is 12.1 Å². The average molecular weight is 236 g/mol. The molecule has 92 valence electrons. The van der Waals surface area contributed by atoms with Gasteiger partial charge in [0.25, 0.3) is 0 Å². The van der Waals surface area contributed by atoms with E-state index in [-0.39, 0.29) is 12.0 Å². The maximum atomic E-state index is 11.1. The molecule has 0 bridgehead atoms. The quantitative estimate of drug-likeness (QED) is 0.691. The number of anilines is 1. The molecule has 1 fully saturated rings. The van der Waals surface area contributed by atoms with E-state index in [1.165, 1.54) is 4.90 Å². The van der Waals surface area contributed by atoms with E-state index in [1.807, 2.05) is 0 Å². The number of hydrogen-bond donors (Lipinski definition) is 3. The van der Waals surface area contributed by atoms with E-state index >= 15 is 0 Å². The molecule has 4 N–H and O–H groups in total. The predicted molar refractivity (Wildman–Crippen MR) is 63.7 cm³/mol. The number of nitrogen functional groups attached to an aromatic ring is 1. The smallest absolute Gasteiger partial charge is 0.407 e. The number of nitrogens with zero attached hydrogens (tertiary/aromatic N) is 2. The van der Waals surface area contributed by atoms with E-state index in [9.17, 15) is 4.79 Å². The van der Waals surface area contributed by atoms with Gasteiger partial charge in [-0.25, -0.2) is 4.79 Å². The molecule has 1 aliphatic heterocycles. The summed E-state index contributed by atoms with van der Waals surface area (Å²) in [4.78, 5) is 12.6. The lowest BCUT2D eigenvalue weighted by molar-refractivity contribution is 0.138. The Morgan fingerprint density at radius 1 is 1.82 bits per heavy atom. The van der Waals surface area contributed by atoms with Gasteiger partial charge in [0, 0.05) is 30.3 Å². The SMILES string of the molecule is C=CCC1C(c2cc(N)n[nH]2)CCN1C(=O)O. The van der Waals surface area contributed by atoms with Crippen molar-refractivity contribution in [3.05, 3.63) is 24.4 Å². The monoisotopic (exact) mass is 236 g/mol. The number of likely N-dealkylation sites (tertiary alicyclic amines) is 1. The molecular weight excluding hydrogens is 220 g/mol. The summed E-state index contributed by atoms with van der Waals surface area (Å²) in [5.74, 6) is 0.556. The topological polar surface area (TPSA) is 95.2 Å². The molecule has 2 heterocycles.